The maximum Gasteiger partial charge on any atom is 0.161 e. The second-order valence-corrected chi connectivity index (χ2v) is 7.33. The van der Waals surface area contributed by atoms with Gasteiger partial charge in [-0.2, -0.15) is 5.10 Å². The molecule has 1 saturated heterocycles. The Morgan fingerprint density at radius 1 is 0.933 bits per heavy atom. The van der Waals surface area contributed by atoms with Crippen molar-refractivity contribution in [3.8, 4) is 23.0 Å². The maximum absolute atomic E-state index is 6.16. The van der Waals surface area contributed by atoms with Crippen molar-refractivity contribution in [3.63, 3.8) is 0 Å². The van der Waals surface area contributed by atoms with E-state index in [9.17, 15) is 0 Å². The van der Waals surface area contributed by atoms with Gasteiger partial charge in [-0.25, -0.2) is 4.98 Å². The van der Waals surface area contributed by atoms with Crippen LogP contribution < -0.4 is 20.1 Å². The quantitative estimate of drug-likeness (QED) is 0.421. The summed E-state index contributed by atoms with van der Waals surface area (Å²) in [5.41, 5.74) is 0.698. The van der Waals surface area contributed by atoms with Crippen molar-refractivity contribution in [2.75, 3.05) is 25.0 Å². The number of nitrogens with one attached hydrogen (secondary N) is 3. The molecule has 4 aromatic rings. The summed E-state index contributed by atoms with van der Waals surface area (Å²) in [5.74, 6) is 4.35. The molecule has 30 heavy (non-hydrogen) atoms. The number of nitrogens with zero attached hydrogens (tertiary/aromatic N) is 2. The van der Waals surface area contributed by atoms with Crippen molar-refractivity contribution in [1.29, 1.82) is 0 Å². The van der Waals surface area contributed by atoms with Gasteiger partial charge in [0.05, 0.1) is 0 Å². The molecule has 2 aromatic carbocycles. The normalized spacial score (nSPS) is 15.9. The molecule has 152 valence electrons. The third-order valence-corrected chi connectivity index (χ3v) is 5.17. The Bertz CT molecular complexity index is 1110. The molecule has 1 unspecified atom stereocenters. The molecule has 0 spiro atoms. The monoisotopic (exact) mass is 401 g/mol. The van der Waals surface area contributed by atoms with Gasteiger partial charge in [0, 0.05) is 18.8 Å². The molecule has 7 nitrogen and oxygen atoms in total. The lowest BCUT2D eigenvalue weighted by atomic mass is 10.1. The van der Waals surface area contributed by atoms with Gasteiger partial charge in [-0.1, -0.05) is 18.2 Å². The molecule has 1 atom stereocenters. The van der Waals surface area contributed by atoms with Gasteiger partial charge in [-0.15, -0.1) is 0 Å². The fourth-order valence-corrected chi connectivity index (χ4v) is 3.59. The van der Waals surface area contributed by atoms with Gasteiger partial charge in [0.15, 0.2) is 11.5 Å². The zero-order valence-electron chi connectivity index (χ0n) is 16.5. The molecule has 3 heterocycles. The minimum absolute atomic E-state index is 0.606. The topological polar surface area (TPSA) is 84.1 Å². The summed E-state index contributed by atoms with van der Waals surface area (Å²) in [4.78, 5) is 4.37. The second kappa shape index (κ2) is 8.42. The van der Waals surface area contributed by atoms with Crippen molar-refractivity contribution in [1.82, 2.24) is 20.5 Å². The van der Waals surface area contributed by atoms with Crippen LogP contribution >= 0.6 is 0 Å². The van der Waals surface area contributed by atoms with Crippen LogP contribution in [0.5, 0.6) is 23.0 Å². The Kier molecular flexibility index (Phi) is 5.18. The number of pyridine rings is 1. The average Bonchev–Trinajstić information content (AvgIpc) is 3.45. The van der Waals surface area contributed by atoms with Gasteiger partial charge in [-0.05, 0) is 61.8 Å². The summed E-state index contributed by atoms with van der Waals surface area (Å²) in [6, 6.07) is 19.1. The molecule has 0 amide bonds. The van der Waals surface area contributed by atoms with Crippen LogP contribution in [0.1, 0.15) is 6.42 Å². The third-order valence-electron chi connectivity index (χ3n) is 5.17. The summed E-state index contributed by atoms with van der Waals surface area (Å²) in [7, 11) is 0. The molecular weight excluding hydrogens is 378 g/mol. The lowest BCUT2D eigenvalue weighted by Gasteiger charge is -2.11. The first-order valence-corrected chi connectivity index (χ1v) is 10.1. The number of anilines is 1. The SMILES string of the molecule is c1ccc(Oc2ccc(Oc3ccnc4[nH]nc(NCC5CCNC5)c34)cc2)cc1. The third kappa shape index (κ3) is 4.06. The summed E-state index contributed by atoms with van der Waals surface area (Å²) in [6.45, 7) is 2.98. The Balaban J connectivity index is 1.32. The highest BCUT2D eigenvalue weighted by Gasteiger charge is 2.17. The molecule has 3 N–H and O–H groups in total. The van der Waals surface area contributed by atoms with E-state index in [4.69, 9.17) is 9.47 Å². The Morgan fingerprint density at radius 3 is 2.47 bits per heavy atom. The number of aromatic amines is 1. The van der Waals surface area contributed by atoms with E-state index in [2.05, 4.69) is 25.8 Å². The van der Waals surface area contributed by atoms with E-state index in [1.165, 1.54) is 6.42 Å². The van der Waals surface area contributed by atoms with Gasteiger partial charge in [0.1, 0.15) is 28.4 Å². The van der Waals surface area contributed by atoms with E-state index in [1.54, 1.807) is 6.20 Å². The van der Waals surface area contributed by atoms with E-state index in [0.717, 1.165) is 48.1 Å². The number of H-pyrrole nitrogens is 1. The van der Waals surface area contributed by atoms with Gasteiger partial charge < -0.3 is 20.1 Å². The number of ether oxygens (including phenoxy) is 2. The lowest BCUT2D eigenvalue weighted by molar-refractivity contribution is 0.471. The van der Waals surface area contributed by atoms with Crippen LogP contribution in [0.3, 0.4) is 0 Å². The zero-order chi connectivity index (χ0) is 20.2. The molecule has 7 heteroatoms. The first-order valence-electron chi connectivity index (χ1n) is 10.1. The number of para-hydroxylation sites is 1. The molecule has 1 aliphatic rings. The summed E-state index contributed by atoms with van der Waals surface area (Å²) in [6.07, 6.45) is 2.89. The van der Waals surface area contributed by atoms with E-state index in [0.29, 0.717) is 17.3 Å². The van der Waals surface area contributed by atoms with E-state index in [-0.39, 0.29) is 0 Å². The second-order valence-electron chi connectivity index (χ2n) is 7.33. The van der Waals surface area contributed by atoms with Crippen molar-refractivity contribution in [2.24, 2.45) is 5.92 Å². The van der Waals surface area contributed by atoms with E-state index < -0.39 is 0 Å². The Morgan fingerprint density at radius 2 is 1.70 bits per heavy atom. The van der Waals surface area contributed by atoms with Crippen LogP contribution in [0.4, 0.5) is 5.82 Å². The molecule has 1 aliphatic heterocycles. The van der Waals surface area contributed by atoms with Crippen LogP contribution in [0, 0.1) is 5.92 Å². The largest absolute Gasteiger partial charge is 0.457 e. The first kappa shape index (κ1) is 18.4. The summed E-state index contributed by atoms with van der Waals surface area (Å²) < 4.78 is 12.0. The number of hydrogen-bond donors (Lipinski definition) is 3. The molecule has 5 rings (SSSR count). The predicted octanol–water partition coefficient (Wildman–Crippen LogP) is 4.56. The number of aromatic nitrogens is 3. The van der Waals surface area contributed by atoms with Crippen LogP contribution in [0.15, 0.2) is 66.9 Å². The minimum atomic E-state index is 0.606. The molecule has 1 fully saturated rings. The predicted molar refractivity (Wildman–Crippen MR) is 116 cm³/mol. The van der Waals surface area contributed by atoms with Gasteiger partial charge in [0.2, 0.25) is 0 Å². The van der Waals surface area contributed by atoms with Crippen molar-refractivity contribution in [2.45, 2.75) is 6.42 Å². The highest BCUT2D eigenvalue weighted by molar-refractivity contribution is 5.92. The van der Waals surface area contributed by atoms with E-state index >= 15 is 0 Å². The van der Waals surface area contributed by atoms with Gasteiger partial charge >= 0.3 is 0 Å². The standard InChI is InChI=1S/C23H23N5O2/c1-2-4-17(5-3-1)29-18-6-8-19(9-7-18)30-20-11-13-25-22-21(20)23(28-27-22)26-15-16-10-12-24-14-16/h1-9,11,13,16,24H,10,12,14-15H2,(H2,25,26,27,28). The molecule has 2 aromatic heterocycles. The molecule has 0 aliphatic carbocycles. The highest BCUT2D eigenvalue weighted by atomic mass is 16.5. The van der Waals surface area contributed by atoms with Gasteiger partial charge in [0.25, 0.3) is 0 Å². The fraction of sp³-hybridized carbons (Fsp3) is 0.217. The van der Waals surface area contributed by atoms with Crippen LogP contribution in [-0.4, -0.2) is 34.8 Å². The highest BCUT2D eigenvalue weighted by Crippen LogP contribution is 2.34. The Labute approximate surface area is 174 Å². The molecular formula is C23H23N5O2. The van der Waals surface area contributed by atoms with E-state index in [1.807, 2.05) is 60.7 Å². The fourth-order valence-electron chi connectivity index (χ4n) is 3.59. The van der Waals surface area contributed by atoms with Crippen LogP contribution in [0.25, 0.3) is 11.0 Å². The molecule has 0 radical (unpaired) electrons. The average molecular weight is 401 g/mol. The van der Waals surface area contributed by atoms with Crippen molar-refractivity contribution in [3.05, 3.63) is 66.9 Å². The molecule has 0 bridgehead atoms. The maximum atomic E-state index is 6.16. The number of rotatable bonds is 7. The summed E-state index contributed by atoms with van der Waals surface area (Å²) in [5, 5.41) is 15.1. The van der Waals surface area contributed by atoms with Gasteiger partial charge in [-0.3, -0.25) is 5.10 Å². The van der Waals surface area contributed by atoms with Crippen LogP contribution in [0.2, 0.25) is 0 Å². The first-order chi connectivity index (χ1) is 14.8. The summed E-state index contributed by atoms with van der Waals surface area (Å²) >= 11 is 0. The Hall–Kier alpha value is -3.58. The number of fused-ring (bicyclic) bond motifs is 1. The number of benzene rings is 2. The lowest BCUT2D eigenvalue weighted by Crippen LogP contribution is -2.17. The van der Waals surface area contributed by atoms with Crippen molar-refractivity contribution >= 4 is 16.9 Å². The smallest absolute Gasteiger partial charge is 0.161 e. The number of hydrogen-bond acceptors (Lipinski definition) is 6. The zero-order valence-corrected chi connectivity index (χ0v) is 16.5. The van der Waals surface area contributed by atoms with Crippen LogP contribution in [-0.2, 0) is 0 Å². The molecule has 0 saturated carbocycles. The van der Waals surface area contributed by atoms with Crippen molar-refractivity contribution < 1.29 is 9.47 Å². The minimum Gasteiger partial charge on any atom is -0.457 e.